The quantitative estimate of drug-likeness (QED) is 0.570. The van der Waals surface area contributed by atoms with Gasteiger partial charge in [-0.2, -0.15) is 0 Å². The maximum atomic E-state index is 12.5. The van der Waals surface area contributed by atoms with E-state index in [1.807, 2.05) is 0 Å². The van der Waals surface area contributed by atoms with Gasteiger partial charge in [-0.3, -0.25) is 0 Å². The zero-order valence-electron chi connectivity index (χ0n) is 13.5. The summed E-state index contributed by atoms with van der Waals surface area (Å²) in [5.74, 6) is -1.07. The van der Waals surface area contributed by atoms with Crippen molar-refractivity contribution in [2.75, 3.05) is 12.4 Å². The molecule has 0 aliphatic heterocycles. The molecule has 4 nitrogen and oxygen atoms in total. The molecule has 2 aromatic rings. The highest BCUT2D eigenvalue weighted by atomic mass is 32.2. The molecule has 0 amide bonds. The molecule has 24 heavy (non-hydrogen) atoms. The predicted octanol–water partition coefficient (Wildman–Crippen LogP) is 3.51. The third-order valence-corrected chi connectivity index (χ3v) is 5.48. The molecule has 0 aromatic heterocycles. The van der Waals surface area contributed by atoms with Crippen LogP contribution in [-0.4, -0.2) is 26.7 Å². The first kappa shape index (κ1) is 17.9. The number of carbonyl (C=O) groups excluding carboxylic acids is 1. The lowest BCUT2D eigenvalue weighted by atomic mass is 10.1. The number of ether oxygens (including phenoxy) is 1. The van der Waals surface area contributed by atoms with Gasteiger partial charge in [-0.15, -0.1) is 0 Å². The molecule has 2 aromatic carbocycles. The number of hydrogen-bond acceptors (Lipinski definition) is 4. The van der Waals surface area contributed by atoms with E-state index in [1.54, 1.807) is 67.6 Å². The molecule has 2 rings (SSSR count). The van der Waals surface area contributed by atoms with Gasteiger partial charge >= 0.3 is 5.97 Å². The summed E-state index contributed by atoms with van der Waals surface area (Å²) in [7, 11) is -3.47. The van der Waals surface area contributed by atoms with Crippen LogP contribution in [0.25, 0.3) is 0 Å². The molecule has 0 N–H and O–H groups in total. The standard InChI is InChI=1S/C19H20O4S/c1-15(2)17(13-23-19(20)16-9-5-3-6-10-16)14-24(21,22)18-11-7-4-8-12-18/h3-12,17H,1,13-14H2,2H3. The molecule has 0 saturated carbocycles. The van der Waals surface area contributed by atoms with Crippen LogP contribution in [0.2, 0.25) is 0 Å². The minimum absolute atomic E-state index is 0.0187. The molecule has 5 heteroatoms. The highest BCUT2D eigenvalue weighted by Crippen LogP contribution is 2.19. The van der Waals surface area contributed by atoms with E-state index in [4.69, 9.17) is 4.74 Å². The van der Waals surface area contributed by atoms with Crippen molar-refractivity contribution < 1.29 is 17.9 Å². The van der Waals surface area contributed by atoms with Crippen LogP contribution in [0.3, 0.4) is 0 Å². The second-order valence-corrected chi connectivity index (χ2v) is 7.64. The van der Waals surface area contributed by atoms with E-state index >= 15 is 0 Å². The van der Waals surface area contributed by atoms with Gasteiger partial charge in [-0.1, -0.05) is 48.6 Å². The van der Waals surface area contributed by atoms with Gasteiger partial charge in [0.1, 0.15) is 0 Å². The van der Waals surface area contributed by atoms with Crippen molar-refractivity contribution in [3.8, 4) is 0 Å². The summed E-state index contributed by atoms with van der Waals surface area (Å²) >= 11 is 0. The molecule has 0 aliphatic rings. The van der Waals surface area contributed by atoms with Crippen LogP contribution in [0.4, 0.5) is 0 Å². The Hall–Kier alpha value is -2.40. The van der Waals surface area contributed by atoms with Gasteiger partial charge in [0.25, 0.3) is 0 Å². The van der Waals surface area contributed by atoms with E-state index in [-0.39, 0.29) is 17.3 Å². The van der Waals surface area contributed by atoms with Crippen molar-refractivity contribution in [1.82, 2.24) is 0 Å². The Balaban J connectivity index is 2.05. The van der Waals surface area contributed by atoms with Gasteiger partial charge in [0.15, 0.2) is 9.84 Å². The predicted molar refractivity (Wildman–Crippen MR) is 93.5 cm³/mol. The molecule has 126 valence electrons. The number of hydrogen-bond donors (Lipinski definition) is 0. The van der Waals surface area contributed by atoms with Crippen molar-refractivity contribution in [3.05, 3.63) is 78.4 Å². The van der Waals surface area contributed by atoms with Crippen molar-refractivity contribution >= 4 is 15.8 Å². The van der Waals surface area contributed by atoms with Crippen LogP contribution < -0.4 is 0 Å². The number of sulfone groups is 1. The van der Waals surface area contributed by atoms with Crippen molar-refractivity contribution in [2.24, 2.45) is 5.92 Å². The number of benzene rings is 2. The van der Waals surface area contributed by atoms with Gasteiger partial charge in [0.2, 0.25) is 0 Å². The SMILES string of the molecule is C=C(C)C(COC(=O)c1ccccc1)CS(=O)(=O)c1ccccc1. The van der Waals surface area contributed by atoms with Crippen molar-refractivity contribution in [1.29, 1.82) is 0 Å². The van der Waals surface area contributed by atoms with E-state index in [1.165, 1.54) is 0 Å². The Labute approximate surface area is 142 Å². The monoisotopic (exact) mass is 344 g/mol. The van der Waals surface area contributed by atoms with E-state index in [0.29, 0.717) is 11.1 Å². The van der Waals surface area contributed by atoms with E-state index < -0.39 is 21.7 Å². The first-order valence-corrected chi connectivity index (χ1v) is 9.21. The lowest BCUT2D eigenvalue weighted by Gasteiger charge is -2.17. The largest absolute Gasteiger partial charge is 0.461 e. The Kier molecular flexibility index (Phi) is 5.93. The van der Waals surface area contributed by atoms with Crippen LogP contribution in [0.15, 0.2) is 77.7 Å². The average Bonchev–Trinajstić information content (AvgIpc) is 2.59. The van der Waals surface area contributed by atoms with E-state index in [2.05, 4.69) is 6.58 Å². The minimum Gasteiger partial charge on any atom is -0.461 e. The third kappa shape index (κ3) is 4.80. The molecule has 0 fully saturated rings. The molecule has 0 bridgehead atoms. The topological polar surface area (TPSA) is 60.4 Å². The number of esters is 1. The van der Waals surface area contributed by atoms with Gasteiger partial charge < -0.3 is 4.74 Å². The van der Waals surface area contributed by atoms with Gasteiger partial charge in [-0.25, -0.2) is 13.2 Å². The molecule has 0 heterocycles. The lowest BCUT2D eigenvalue weighted by Crippen LogP contribution is -2.23. The van der Waals surface area contributed by atoms with E-state index in [0.717, 1.165) is 0 Å². The summed E-state index contributed by atoms with van der Waals surface area (Å²) < 4.78 is 30.2. The van der Waals surface area contributed by atoms with Crippen LogP contribution in [0, 0.1) is 5.92 Å². The maximum absolute atomic E-state index is 12.5. The summed E-state index contributed by atoms with van der Waals surface area (Å²) in [6.07, 6.45) is 0. The Morgan fingerprint density at radius 2 is 1.58 bits per heavy atom. The lowest BCUT2D eigenvalue weighted by molar-refractivity contribution is 0.0469. The zero-order chi connectivity index (χ0) is 17.6. The Morgan fingerprint density at radius 1 is 1.04 bits per heavy atom. The van der Waals surface area contributed by atoms with Crippen molar-refractivity contribution in [3.63, 3.8) is 0 Å². The Morgan fingerprint density at radius 3 is 2.12 bits per heavy atom. The molecular formula is C19H20O4S. The van der Waals surface area contributed by atoms with Gasteiger partial charge in [0.05, 0.1) is 22.8 Å². The van der Waals surface area contributed by atoms with Gasteiger partial charge in [0, 0.05) is 5.92 Å². The highest BCUT2D eigenvalue weighted by molar-refractivity contribution is 7.91. The Bertz CT molecular complexity index is 796. The second kappa shape index (κ2) is 7.93. The van der Waals surface area contributed by atoms with E-state index in [9.17, 15) is 13.2 Å². The first-order valence-electron chi connectivity index (χ1n) is 7.55. The van der Waals surface area contributed by atoms with Crippen LogP contribution in [0.1, 0.15) is 17.3 Å². The molecule has 0 radical (unpaired) electrons. The molecule has 0 saturated heterocycles. The van der Waals surface area contributed by atoms with Crippen molar-refractivity contribution in [2.45, 2.75) is 11.8 Å². The summed E-state index contributed by atoms with van der Waals surface area (Å²) in [6, 6.07) is 16.8. The zero-order valence-corrected chi connectivity index (χ0v) is 14.3. The molecule has 1 unspecified atom stereocenters. The van der Waals surface area contributed by atoms with Crippen LogP contribution in [0.5, 0.6) is 0 Å². The maximum Gasteiger partial charge on any atom is 0.338 e. The molecular weight excluding hydrogens is 324 g/mol. The fourth-order valence-electron chi connectivity index (χ4n) is 2.16. The highest BCUT2D eigenvalue weighted by Gasteiger charge is 2.23. The number of carbonyl (C=O) groups is 1. The molecule has 0 aliphatic carbocycles. The normalized spacial score (nSPS) is 12.4. The van der Waals surface area contributed by atoms with Crippen LogP contribution >= 0.6 is 0 Å². The summed E-state index contributed by atoms with van der Waals surface area (Å²) in [6.45, 7) is 5.55. The first-order chi connectivity index (χ1) is 11.4. The number of rotatable bonds is 7. The summed E-state index contributed by atoms with van der Waals surface area (Å²) in [5, 5.41) is 0. The fraction of sp³-hybridized carbons (Fsp3) is 0.211. The third-order valence-electron chi connectivity index (χ3n) is 3.64. The second-order valence-electron chi connectivity index (χ2n) is 5.60. The fourth-order valence-corrected chi connectivity index (χ4v) is 3.83. The molecule has 0 spiro atoms. The summed E-state index contributed by atoms with van der Waals surface area (Å²) in [5.41, 5.74) is 1.10. The van der Waals surface area contributed by atoms with Gasteiger partial charge in [-0.05, 0) is 31.2 Å². The summed E-state index contributed by atoms with van der Waals surface area (Å²) in [4.78, 5) is 12.3. The smallest absolute Gasteiger partial charge is 0.338 e. The minimum atomic E-state index is -3.47. The van der Waals surface area contributed by atoms with Crippen LogP contribution in [-0.2, 0) is 14.6 Å². The average molecular weight is 344 g/mol. The molecule has 1 atom stereocenters.